The number of carbonyl (C=O) groups is 1. The molecule has 0 saturated carbocycles. The first-order valence-electron chi connectivity index (χ1n) is 6.44. The van der Waals surface area contributed by atoms with Crippen LogP contribution in [0.15, 0.2) is 23.8 Å². The van der Waals surface area contributed by atoms with Crippen molar-refractivity contribution in [3.63, 3.8) is 0 Å². The third-order valence-electron chi connectivity index (χ3n) is 3.24. The molecule has 0 aromatic carbocycles. The summed E-state index contributed by atoms with van der Waals surface area (Å²) < 4.78 is 0. The molecule has 0 saturated heterocycles. The third kappa shape index (κ3) is 15.5. The van der Waals surface area contributed by atoms with Gasteiger partial charge in [-0.15, -0.1) is 0 Å². The Balaban J connectivity index is -0.000000193. The normalized spacial score (nSPS) is 18.6. The first-order valence-corrected chi connectivity index (χ1v) is 6.44. The second kappa shape index (κ2) is 21.8. The van der Waals surface area contributed by atoms with Crippen molar-refractivity contribution < 1.29 is 173 Å². The maximum atomic E-state index is 11.6. The Kier molecular flexibility index (Phi) is 36.9. The van der Waals surface area contributed by atoms with Crippen LogP contribution in [-0.2, 0) is 168 Å². The molecule has 22 heavy (non-hydrogen) atoms. The summed E-state index contributed by atoms with van der Waals surface area (Å²) in [6.07, 6.45) is 8.65. The van der Waals surface area contributed by atoms with Gasteiger partial charge in [0.2, 0.25) is 0 Å². The van der Waals surface area contributed by atoms with Gasteiger partial charge in [0, 0.05) is 169 Å². The smallest absolute Gasteiger partial charge is 0.0824 e. The van der Waals surface area contributed by atoms with E-state index in [9.17, 15) is 9.90 Å². The summed E-state index contributed by atoms with van der Waals surface area (Å²) in [5, 5.41) is 10.1. The van der Waals surface area contributed by atoms with Crippen LogP contribution in [0.5, 0.6) is 0 Å². The standard InChI is InChI=1S/C15H23O2.5Y/c1-4-5-6-7-11(2)9-14(16)13-8-12(3)10-15(13)17;;;;;/h5-6,10-11,13-14,16H,3-4,7-9H2,1-2H3;;;;;/q-1;;;;;/b6-5-;;;;;/t11-,13?,14?;;;;;/m0...../s1. The number of hydrogen-bond donors (Lipinski definition) is 1. The van der Waals surface area contributed by atoms with Crippen molar-refractivity contribution in [3.8, 4) is 0 Å². The Morgan fingerprint density at radius 3 is 2.23 bits per heavy atom. The molecular weight excluding hydrogens is 657 g/mol. The van der Waals surface area contributed by atoms with Crippen LogP contribution in [0.4, 0.5) is 0 Å². The molecule has 0 aromatic rings. The number of rotatable bonds is 6. The van der Waals surface area contributed by atoms with Crippen molar-refractivity contribution in [2.75, 3.05) is 0 Å². The minimum Gasteiger partial charge on any atom is -0.392 e. The fourth-order valence-electron chi connectivity index (χ4n) is 2.24. The van der Waals surface area contributed by atoms with Crippen molar-refractivity contribution in [2.24, 2.45) is 11.8 Å². The van der Waals surface area contributed by atoms with Gasteiger partial charge in [0.05, 0.1) is 11.9 Å². The summed E-state index contributed by atoms with van der Waals surface area (Å²) in [7, 11) is 0. The van der Waals surface area contributed by atoms with Crippen molar-refractivity contribution in [1.82, 2.24) is 0 Å². The van der Waals surface area contributed by atoms with E-state index in [0.29, 0.717) is 18.8 Å². The van der Waals surface area contributed by atoms with Gasteiger partial charge < -0.3 is 9.90 Å². The largest absolute Gasteiger partial charge is 0.392 e. The second-order valence-corrected chi connectivity index (χ2v) is 5.04. The first-order chi connectivity index (χ1) is 8.04. The van der Waals surface area contributed by atoms with Gasteiger partial charge in [-0.2, -0.15) is 6.08 Å². The summed E-state index contributed by atoms with van der Waals surface area (Å²) in [4.78, 5) is 11.6. The fraction of sp³-hybridized carbons (Fsp3) is 0.600. The number of aliphatic hydroxyl groups excluding tert-OH is 1. The molecule has 3 atom stereocenters. The Morgan fingerprint density at radius 1 is 1.27 bits per heavy atom. The summed E-state index contributed by atoms with van der Waals surface area (Å²) in [6, 6.07) is 0. The average Bonchev–Trinajstić information content (AvgIpc) is 2.58. The number of ketones is 1. The van der Waals surface area contributed by atoms with Crippen LogP contribution in [0.3, 0.4) is 0 Å². The molecule has 7 heteroatoms. The second-order valence-electron chi connectivity index (χ2n) is 5.04. The van der Waals surface area contributed by atoms with Crippen LogP contribution >= 0.6 is 0 Å². The van der Waals surface area contributed by atoms with E-state index in [-0.39, 0.29) is 175 Å². The molecule has 0 bridgehead atoms. The molecule has 1 aliphatic carbocycles. The van der Waals surface area contributed by atoms with E-state index < -0.39 is 6.10 Å². The van der Waals surface area contributed by atoms with Gasteiger partial charge in [0.15, 0.2) is 0 Å². The number of hydrogen-bond acceptors (Lipinski definition) is 2. The van der Waals surface area contributed by atoms with Crippen LogP contribution in [-0.4, -0.2) is 17.0 Å². The fourth-order valence-corrected chi connectivity index (χ4v) is 2.24. The van der Waals surface area contributed by atoms with Crippen LogP contribution in [0.2, 0.25) is 0 Å². The minimum absolute atomic E-state index is 0. The van der Waals surface area contributed by atoms with Gasteiger partial charge in [0.1, 0.15) is 0 Å². The maximum absolute atomic E-state index is 11.6. The molecule has 0 spiro atoms. The zero-order valence-electron chi connectivity index (χ0n) is 13.7. The molecule has 0 aliphatic heterocycles. The SMILES string of the molecule is [CH2-]C1=CC(=O)C(C(O)C[C@@H](C)C/C=C\CC)C1.[Y].[Y].[Y].[Y].[Y]. The van der Waals surface area contributed by atoms with Gasteiger partial charge in [-0.3, -0.25) is 0 Å². The summed E-state index contributed by atoms with van der Waals surface area (Å²) in [5.41, 5.74) is 0.845. The van der Waals surface area contributed by atoms with E-state index in [1.165, 1.54) is 0 Å². The monoisotopic (exact) mass is 680 g/mol. The van der Waals surface area contributed by atoms with Crippen LogP contribution in [0.25, 0.3) is 0 Å². The Morgan fingerprint density at radius 2 is 1.82 bits per heavy atom. The van der Waals surface area contributed by atoms with Crippen LogP contribution in [0.1, 0.15) is 39.5 Å². The predicted octanol–water partition coefficient (Wildman–Crippen LogP) is 3.07. The van der Waals surface area contributed by atoms with E-state index in [4.69, 9.17) is 0 Å². The minimum atomic E-state index is -0.525. The van der Waals surface area contributed by atoms with E-state index in [1.807, 2.05) is 0 Å². The molecule has 0 heterocycles. The summed E-state index contributed by atoms with van der Waals surface area (Å²) in [5.74, 6) is 0.202. The third-order valence-corrected chi connectivity index (χ3v) is 3.24. The maximum Gasteiger partial charge on any atom is 0.0824 e. The number of carbonyl (C=O) groups excluding carboxylic acids is 1. The van der Waals surface area contributed by atoms with Crippen molar-refractivity contribution in [1.29, 1.82) is 0 Å². The molecule has 0 amide bonds. The van der Waals surface area contributed by atoms with Crippen LogP contribution in [0, 0.1) is 18.8 Å². The molecule has 0 fully saturated rings. The van der Waals surface area contributed by atoms with Gasteiger partial charge >= 0.3 is 0 Å². The van der Waals surface area contributed by atoms with E-state index in [0.717, 1.165) is 18.4 Å². The van der Waals surface area contributed by atoms with Crippen molar-refractivity contribution in [3.05, 3.63) is 30.7 Å². The zero-order chi connectivity index (χ0) is 12.8. The topological polar surface area (TPSA) is 37.3 Å². The average molecular weight is 680 g/mol. The molecule has 2 unspecified atom stereocenters. The summed E-state index contributed by atoms with van der Waals surface area (Å²) in [6.45, 7) is 8.00. The molecular formula is C15H23O2Y5-. The Hall–Kier alpha value is 4.50. The van der Waals surface area contributed by atoms with Crippen LogP contribution < -0.4 is 0 Å². The van der Waals surface area contributed by atoms with E-state index in [2.05, 4.69) is 32.9 Å². The van der Waals surface area contributed by atoms with E-state index in [1.54, 1.807) is 6.08 Å². The van der Waals surface area contributed by atoms with Gasteiger partial charge in [-0.25, -0.2) is 12.5 Å². The zero-order valence-corrected chi connectivity index (χ0v) is 27.9. The quantitative estimate of drug-likeness (QED) is 0.347. The van der Waals surface area contributed by atoms with Crippen molar-refractivity contribution in [2.45, 2.75) is 45.6 Å². The van der Waals surface area contributed by atoms with Crippen molar-refractivity contribution >= 4 is 5.78 Å². The van der Waals surface area contributed by atoms with E-state index >= 15 is 0 Å². The molecule has 1 N–H and O–H groups in total. The summed E-state index contributed by atoms with van der Waals surface area (Å²) >= 11 is 0. The molecule has 111 valence electrons. The molecule has 1 rings (SSSR count). The molecule has 5 radical (unpaired) electrons. The van der Waals surface area contributed by atoms with Gasteiger partial charge in [-0.05, 0) is 31.6 Å². The number of allylic oxidation sites excluding steroid dienone is 4. The molecule has 1 aliphatic rings. The molecule has 2 nitrogen and oxygen atoms in total. The first kappa shape index (κ1) is 37.3. The Bertz CT molecular complexity index is 332. The van der Waals surface area contributed by atoms with Gasteiger partial charge in [0.25, 0.3) is 0 Å². The predicted molar refractivity (Wildman–Crippen MR) is 70.4 cm³/mol. The Labute approximate surface area is 261 Å². The van der Waals surface area contributed by atoms with Gasteiger partial charge in [-0.1, -0.05) is 26.0 Å². The number of aliphatic hydroxyl groups is 1. The molecule has 0 aromatic heterocycles.